The van der Waals surface area contributed by atoms with Gasteiger partial charge in [0.05, 0.1) is 6.54 Å². The molecule has 0 amide bonds. The lowest BCUT2D eigenvalue weighted by Crippen LogP contribution is -2.01. The van der Waals surface area contributed by atoms with Gasteiger partial charge < -0.3 is 10.3 Å². The maximum Gasteiger partial charge on any atom is 0.125 e. The summed E-state index contributed by atoms with van der Waals surface area (Å²) in [6.07, 6.45) is 4.68. The Morgan fingerprint density at radius 1 is 1.38 bits per heavy atom. The Kier molecular flexibility index (Phi) is 3.25. The first-order valence-corrected chi connectivity index (χ1v) is 5.61. The number of nitrogens with one attached hydrogen (secondary N) is 2. The molecular formula is C13H17N3. The fourth-order valence-electron chi connectivity index (χ4n) is 1.74. The summed E-state index contributed by atoms with van der Waals surface area (Å²) in [6, 6.07) is 6.47. The smallest absolute Gasteiger partial charge is 0.125 e. The van der Waals surface area contributed by atoms with Crippen LogP contribution >= 0.6 is 0 Å². The Morgan fingerprint density at radius 3 is 2.94 bits per heavy atom. The lowest BCUT2D eigenvalue weighted by atomic mass is 10.1. The number of H-pyrrole nitrogens is 1. The third-order valence-electron chi connectivity index (χ3n) is 2.74. The van der Waals surface area contributed by atoms with Crippen LogP contribution in [0.15, 0.2) is 30.6 Å². The summed E-state index contributed by atoms with van der Waals surface area (Å²) in [6.45, 7) is 5.06. The van der Waals surface area contributed by atoms with Crippen molar-refractivity contribution in [2.45, 2.75) is 26.8 Å². The van der Waals surface area contributed by atoms with Gasteiger partial charge in [0.15, 0.2) is 0 Å². The minimum Gasteiger partial charge on any atom is -0.378 e. The maximum absolute atomic E-state index is 4.17. The minimum absolute atomic E-state index is 0.735. The maximum atomic E-state index is 4.17. The SMILES string of the molecule is CCc1cc(NCc2ncc[nH]2)ccc1C. The molecule has 84 valence electrons. The molecule has 1 heterocycles. The fourth-order valence-corrected chi connectivity index (χ4v) is 1.74. The Morgan fingerprint density at radius 2 is 2.25 bits per heavy atom. The van der Waals surface area contributed by atoms with Gasteiger partial charge in [0.1, 0.15) is 5.82 Å². The van der Waals surface area contributed by atoms with Crippen LogP contribution in [0.5, 0.6) is 0 Å². The Bertz CT molecular complexity index is 446. The average Bonchev–Trinajstić information content (AvgIpc) is 2.81. The number of aromatic amines is 1. The first-order valence-electron chi connectivity index (χ1n) is 5.61. The molecule has 0 saturated carbocycles. The van der Waals surface area contributed by atoms with Gasteiger partial charge in [-0.1, -0.05) is 13.0 Å². The standard InChI is InChI=1S/C13H17N3/c1-3-11-8-12(5-4-10(11)2)16-9-13-14-6-7-15-13/h4-8,16H,3,9H2,1-2H3,(H,14,15). The zero-order valence-electron chi connectivity index (χ0n) is 9.75. The number of imidazole rings is 1. The molecule has 0 aliphatic carbocycles. The van der Waals surface area contributed by atoms with Crippen LogP contribution < -0.4 is 5.32 Å². The second kappa shape index (κ2) is 4.84. The molecule has 16 heavy (non-hydrogen) atoms. The third-order valence-corrected chi connectivity index (χ3v) is 2.74. The third kappa shape index (κ3) is 2.42. The Hall–Kier alpha value is -1.77. The lowest BCUT2D eigenvalue weighted by Gasteiger charge is -2.08. The van der Waals surface area contributed by atoms with Gasteiger partial charge in [0.25, 0.3) is 0 Å². The van der Waals surface area contributed by atoms with Gasteiger partial charge in [0, 0.05) is 18.1 Å². The summed E-state index contributed by atoms with van der Waals surface area (Å²) < 4.78 is 0. The molecule has 0 saturated heterocycles. The Balaban J connectivity index is 2.04. The first-order chi connectivity index (χ1) is 7.79. The van der Waals surface area contributed by atoms with Gasteiger partial charge in [0.2, 0.25) is 0 Å². The van der Waals surface area contributed by atoms with Crippen molar-refractivity contribution in [1.82, 2.24) is 9.97 Å². The van der Waals surface area contributed by atoms with E-state index in [9.17, 15) is 0 Å². The lowest BCUT2D eigenvalue weighted by molar-refractivity contribution is 0.997. The molecule has 0 bridgehead atoms. The van der Waals surface area contributed by atoms with Crippen LogP contribution in [-0.2, 0) is 13.0 Å². The second-order valence-corrected chi connectivity index (χ2v) is 3.88. The van der Waals surface area contributed by atoms with E-state index >= 15 is 0 Å². The van der Waals surface area contributed by atoms with Crippen LogP contribution in [0.25, 0.3) is 0 Å². The quantitative estimate of drug-likeness (QED) is 0.823. The first kappa shape index (κ1) is 10.7. The van der Waals surface area contributed by atoms with Crippen molar-refractivity contribution in [3.05, 3.63) is 47.5 Å². The molecular weight excluding hydrogens is 198 g/mol. The largest absolute Gasteiger partial charge is 0.378 e. The van der Waals surface area contributed by atoms with Crippen molar-refractivity contribution < 1.29 is 0 Å². The molecule has 0 atom stereocenters. The van der Waals surface area contributed by atoms with Gasteiger partial charge >= 0.3 is 0 Å². The molecule has 1 aromatic heterocycles. The van der Waals surface area contributed by atoms with Crippen LogP contribution in [0.2, 0.25) is 0 Å². The number of rotatable bonds is 4. The predicted octanol–water partition coefficient (Wildman–Crippen LogP) is 2.89. The molecule has 2 aromatic rings. The van der Waals surface area contributed by atoms with Crippen molar-refractivity contribution in [2.24, 2.45) is 0 Å². The highest BCUT2D eigenvalue weighted by Crippen LogP contribution is 2.16. The normalized spacial score (nSPS) is 10.4. The molecule has 0 unspecified atom stereocenters. The van der Waals surface area contributed by atoms with Gasteiger partial charge in [-0.2, -0.15) is 0 Å². The van der Waals surface area contributed by atoms with E-state index in [-0.39, 0.29) is 0 Å². The monoisotopic (exact) mass is 215 g/mol. The molecule has 2 N–H and O–H groups in total. The van der Waals surface area contributed by atoms with E-state index in [1.807, 2.05) is 6.20 Å². The van der Waals surface area contributed by atoms with Crippen molar-refractivity contribution in [3.63, 3.8) is 0 Å². The molecule has 3 heteroatoms. The van der Waals surface area contributed by atoms with Crippen LogP contribution in [0, 0.1) is 6.92 Å². The van der Waals surface area contributed by atoms with Crippen LogP contribution in [-0.4, -0.2) is 9.97 Å². The highest BCUT2D eigenvalue weighted by Gasteiger charge is 1.99. The average molecular weight is 215 g/mol. The molecule has 0 radical (unpaired) electrons. The summed E-state index contributed by atoms with van der Waals surface area (Å²) in [7, 11) is 0. The zero-order chi connectivity index (χ0) is 11.4. The van der Waals surface area contributed by atoms with E-state index in [0.29, 0.717) is 0 Å². The molecule has 1 aromatic carbocycles. The number of anilines is 1. The topological polar surface area (TPSA) is 40.7 Å². The number of aromatic nitrogens is 2. The van der Waals surface area contributed by atoms with E-state index in [4.69, 9.17) is 0 Å². The van der Waals surface area contributed by atoms with Gasteiger partial charge in [-0.05, 0) is 36.6 Å². The summed E-state index contributed by atoms with van der Waals surface area (Å²) in [4.78, 5) is 7.25. The molecule has 0 fully saturated rings. The molecule has 0 aliphatic rings. The Labute approximate surface area is 95.9 Å². The van der Waals surface area contributed by atoms with Crippen LogP contribution in [0.3, 0.4) is 0 Å². The van der Waals surface area contributed by atoms with E-state index in [0.717, 1.165) is 24.5 Å². The summed E-state index contributed by atoms with van der Waals surface area (Å²) in [5.41, 5.74) is 3.90. The van der Waals surface area contributed by atoms with E-state index in [1.165, 1.54) is 11.1 Å². The fraction of sp³-hybridized carbons (Fsp3) is 0.308. The molecule has 0 aliphatic heterocycles. The predicted molar refractivity (Wildman–Crippen MR) is 66.5 cm³/mol. The number of benzene rings is 1. The number of nitrogens with zero attached hydrogens (tertiary/aromatic N) is 1. The van der Waals surface area contributed by atoms with Crippen molar-refractivity contribution in [1.29, 1.82) is 0 Å². The molecule has 0 spiro atoms. The molecule has 2 rings (SSSR count). The minimum atomic E-state index is 0.735. The van der Waals surface area contributed by atoms with E-state index in [2.05, 4.69) is 47.3 Å². The molecule has 3 nitrogen and oxygen atoms in total. The highest BCUT2D eigenvalue weighted by molar-refractivity contribution is 5.48. The zero-order valence-corrected chi connectivity index (χ0v) is 9.75. The van der Waals surface area contributed by atoms with Gasteiger partial charge in [-0.15, -0.1) is 0 Å². The van der Waals surface area contributed by atoms with Gasteiger partial charge in [-0.25, -0.2) is 4.98 Å². The van der Waals surface area contributed by atoms with Crippen molar-refractivity contribution in [2.75, 3.05) is 5.32 Å². The van der Waals surface area contributed by atoms with Crippen LogP contribution in [0.4, 0.5) is 5.69 Å². The summed E-state index contributed by atoms with van der Waals surface area (Å²) in [5, 5.41) is 3.36. The number of aryl methyl sites for hydroxylation is 2. The van der Waals surface area contributed by atoms with Crippen molar-refractivity contribution >= 4 is 5.69 Å². The van der Waals surface area contributed by atoms with Gasteiger partial charge in [-0.3, -0.25) is 0 Å². The number of hydrogen-bond acceptors (Lipinski definition) is 2. The summed E-state index contributed by atoms with van der Waals surface area (Å²) >= 11 is 0. The van der Waals surface area contributed by atoms with E-state index in [1.54, 1.807) is 6.20 Å². The number of hydrogen-bond donors (Lipinski definition) is 2. The van der Waals surface area contributed by atoms with Crippen molar-refractivity contribution in [3.8, 4) is 0 Å². The summed E-state index contributed by atoms with van der Waals surface area (Å²) in [5.74, 6) is 0.957. The second-order valence-electron chi connectivity index (χ2n) is 3.88. The highest BCUT2D eigenvalue weighted by atomic mass is 15.0. The van der Waals surface area contributed by atoms with E-state index < -0.39 is 0 Å². The van der Waals surface area contributed by atoms with Crippen LogP contribution in [0.1, 0.15) is 23.9 Å².